The normalized spacial score (nSPS) is 14.3. The van der Waals surface area contributed by atoms with Crippen LogP contribution in [0.3, 0.4) is 0 Å². The molecule has 1 aliphatic heterocycles. The number of alkyl halides is 3. The second-order valence-corrected chi connectivity index (χ2v) is 8.79. The van der Waals surface area contributed by atoms with Crippen molar-refractivity contribution in [1.29, 1.82) is 0 Å². The molecule has 1 aromatic heterocycles. The number of carbonyl (C=O) groups excluding carboxylic acids is 1. The van der Waals surface area contributed by atoms with Gasteiger partial charge in [0.25, 0.3) is 5.91 Å². The molecule has 36 heavy (non-hydrogen) atoms. The van der Waals surface area contributed by atoms with E-state index in [0.29, 0.717) is 63.0 Å². The SMILES string of the molecule is CCCOCCCNC(=O)c1cc(N2CCN(c3cccc(C(F)(F)F)c3)CC2)nc2ccccc12. The number of rotatable bonds is 9. The summed E-state index contributed by atoms with van der Waals surface area (Å²) < 4.78 is 44.8. The molecule has 1 fully saturated rings. The van der Waals surface area contributed by atoms with Crippen LogP contribution in [0.1, 0.15) is 35.7 Å². The zero-order valence-corrected chi connectivity index (χ0v) is 20.4. The van der Waals surface area contributed by atoms with E-state index in [9.17, 15) is 18.0 Å². The molecule has 0 bridgehead atoms. The number of halogens is 3. The number of aromatic nitrogens is 1. The summed E-state index contributed by atoms with van der Waals surface area (Å²) in [5.41, 5.74) is 1.20. The second-order valence-electron chi connectivity index (χ2n) is 8.79. The number of hydrogen-bond donors (Lipinski definition) is 1. The van der Waals surface area contributed by atoms with E-state index in [1.54, 1.807) is 6.07 Å². The maximum atomic E-state index is 13.1. The smallest absolute Gasteiger partial charge is 0.381 e. The second kappa shape index (κ2) is 11.6. The number of para-hydroxylation sites is 1. The molecule has 1 aliphatic rings. The van der Waals surface area contributed by atoms with Crippen molar-refractivity contribution >= 4 is 28.3 Å². The maximum absolute atomic E-state index is 13.1. The minimum absolute atomic E-state index is 0.159. The van der Waals surface area contributed by atoms with E-state index in [2.05, 4.69) is 17.1 Å². The highest BCUT2D eigenvalue weighted by Gasteiger charge is 2.31. The summed E-state index contributed by atoms with van der Waals surface area (Å²) in [6.45, 7) is 6.16. The number of nitrogens with zero attached hydrogens (tertiary/aromatic N) is 3. The third kappa shape index (κ3) is 6.26. The van der Waals surface area contributed by atoms with Gasteiger partial charge in [-0.15, -0.1) is 0 Å². The standard InChI is InChI=1S/C27H31F3N4O2/c1-2-16-36-17-6-11-31-26(35)23-19-25(32-24-10-4-3-9-22(23)24)34-14-12-33(13-15-34)21-8-5-7-20(18-21)27(28,29)30/h3-5,7-10,18-19H,2,6,11-17H2,1H3,(H,31,35). The number of anilines is 2. The Morgan fingerprint density at radius 3 is 2.50 bits per heavy atom. The van der Waals surface area contributed by atoms with E-state index in [0.717, 1.165) is 29.8 Å². The van der Waals surface area contributed by atoms with Gasteiger partial charge < -0.3 is 19.9 Å². The van der Waals surface area contributed by atoms with Crippen molar-refractivity contribution in [3.8, 4) is 0 Å². The Labute approximate surface area is 209 Å². The fourth-order valence-corrected chi connectivity index (χ4v) is 4.30. The topological polar surface area (TPSA) is 57.7 Å². The van der Waals surface area contributed by atoms with Gasteiger partial charge in [-0.25, -0.2) is 4.98 Å². The average molecular weight is 501 g/mol. The molecule has 192 valence electrons. The monoisotopic (exact) mass is 500 g/mol. The van der Waals surface area contributed by atoms with Crippen LogP contribution in [0.4, 0.5) is 24.7 Å². The number of piperazine rings is 1. The predicted molar refractivity (Wildman–Crippen MR) is 136 cm³/mol. The number of fused-ring (bicyclic) bond motifs is 1. The van der Waals surface area contributed by atoms with Crippen LogP contribution in [0.15, 0.2) is 54.6 Å². The van der Waals surface area contributed by atoms with Crippen molar-refractivity contribution in [1.82, 2.24) is 10.3 Å². The van der Waals surface area contributed by atoms with Crippen molar-refractivity contribution in [3.63, 3.8) is 0 Å². The molecule has 1 amide bonds. The molecule has 0 atom stereocenters. The molecule has 0 aliphatic carbocycles. The number of hydrogen-bond acceptors (Lipinski definition) is 5. The lowest BCUT2D eigenvalue weighted by molar-refractivity contribution is -0.137. The van der Waals surface area contributed by atoms with Gasteiger partial charge in [0.1, 0.15) is 5.82 Å². The largest absolute Gasteiger partial charge is 0.416 e. The Hall–Kier alpha value is -3.33. The van der Waals surface area contributed by atoms with Gasteiger partial charge in [0, 0.05) is 57.0 Å². The van der Waals surface area contributed by atoms with Crippen LogP contribution in [-0.4, -0.2) is 56.8 Å². The van der Waals surface area contributed by atoms with Gasteiger partial charge >= 0.3 is 6.18 Å². The summed E-state index contributed by atoms with van der Waals surface area (Å²) in [7, 11) is 0. The molecule has 2 aromatic carbocycles. The van der Waals surface area contributed by atoms with E-state index in [-0.39, 0.29) is 5.91 Å². The molecule has 3 aromatic rings. The van der Waals surface area contributed by atoms with E-state index in [4.69, 9.17) is 9.72 Å². The first-order valence-electron chi connectivity index (χ1n) is 12.3. The number of benzene rings is 2. The Balaban J connectivity index is 1.46. The van der Waals surface area contributed by atoms with E-state index < -0.39 is 11.7 Å². The minimum Gasteiger partial charge on any atom is -0.381 e. The maximum Gasteiger partial charge on any atom is 0.416 e. The molecule has 1 N–H and O–H groups in total. The Morgan fingerprint density at radius 2 is 1.75 bits per heavy atom. The first-order chi connectivity index (χ1) is 17.4. The van der Waals surface area contributed by atoms with Crippen LogP contribution in [0.25, 0.3) is 10.9 Å². The molecule has 0 spiro atoms. The number of carbonyl (C=O) groups is 1. The molecule has 0 radical (unpaired) electrons. The third-order valence-corrected chi connectivity index (χ3v) is 6.19. The summed E-state index contributed by atoms with van der Waals surface area (Å²) in [5, 5.41) is 3.76. The van der Waals surface area contributed by atoms with Crippen LogP contribution in [0.5, 0.6) is 0 Å². The minimum atomic E-state index is -4.37. The van der Waals surface area contributed by atoms with E-state index in [1.807, 2.05) is 35.2 Å². The lowest BCUT2D eigenvalue weighted by Gasteiger charge is -2.37. The summed E-state index contributed by atoms with van der Waals surface area (Å²) in [4.78, 5) is 21.8. The molecular weight excluding hydrogens is 469 g/mol. The van der Waals surface area contributed by atoms with Gasteiger partial charge in [-0.05, 0) is 43.2 Å². The van der Waals surface area contributed by atoms with E-state index >= 15 is 0 Å². The van der Waals surface area contributed by atoms with Gasteiger partial charge in [0.2, 0.25) is 0 Å². The highest BCUT2D eigenvalue weighted by molar-refractivity contribution is 6.07. The number of ether oxygens (including phenoxy) is 1. The van der Waals surface area contributed by atoms with Gasteiger partial charge in [0.05, 0.1) is 16.6 Å². The molecule has 4 rings (SSSR count). The van der Waals surface area contributed by atoms with E-state index in [1.165, 1.54) is 12.1 Å². The van der Waals surface area contributed by atoms with Gasteiger partial charge in [0.15, 0.2) is 0 Å². The average Bonchev–Trinajstić information content (AvgIpc) is 2.89. The van der Waals surface area contributed by atoms with Crippen LogP contribution in [-0.2, 0) is 10.9 Å². The summed E-state index contributed by atoms with van der Waals surface area (Å²) in [6, 6.07) is 14.8. The molecule has 9 heteroatoms. The lowest BCUT2D eigenvalue weighted by Crippen LogP contribution is -2.47. The van der Waals surface area contributed by atoms with Crippen LogP contribution in [0.2, 0.25) is 0 Å². The van der Waals surface area contributed by atoms with Crippen LogP contribution in [0, 0.1) is 0 Å². The zero-order valence-electron chi connectivity index (χ0n) is 20.4. The van der Waals surface area contributed by atoms with Crippen molar-refractivity contribution in [2.24, 2.45) is 0 Å². The quantitative estimate of drug-likeness (QED) is 0.413. The fourth-order valence-electron chi connectivity index (χ4n) is 4.30. The highest BCUT2D eigenvalue weighted by atomic mass is 19.4. The molecule has 1 saturated heterocycles. The van der Waals surface area contributed by atoms with Crippen LogP contribution < -0.4 is 15.1 Å². The summed E-state index contributed by atoms with van der Waals surface area (Å²) in [5.74, 6) is 0.529. The van der Waals surface area contributed by atoms with Crippen molar-refractivity contribution in [2.75, 3.05) is 55.7 Å². The predicted octanol–water partition coefficient (Wildman–Crippen LogP) is 5.13. The highest BCUT2D eigenvalue weighted by Crippen LogP contribution is 2.32. The number of nitrogens with one attached hydrogen (secondary N) is 1. The van der Waals surface area contributed by atoms with Crippen molar-refractivity contribution < 1.29 is 22.7 Å². The van der Waals surface area contributed by atoms with Gasteiger partial charge in [-0.2, -0.15) is 13.2 Å². The first kappa shape index (κ1) is 25.8. The lowest BCUT2D eigenvalue weighted by atomic mass is 10.1. The number of amides is 1. The van der Waals surface area contributed by atoms with Crippen molar-refractivity contribution in [3.05, 3.63) is 65.7 Å². The summed E-state index contributed by atoms with van der Waals surface area (Å²) >= 11 is 0. The Morgan fingerprint density at radius 1 is 1.00 bits per heavy atom. The number of pyridine rings is 1. The molecular formula is C27H31F3N4O2. The third-order valence-electron chi connectivity index (χ3n) is 6.19. The first-order valence-corrected chi connectivity index (χ1v) is 12.3. The van der Waals surface area contributed by atoms with Gasteiger partial charge in [-0.3, -0.25) is 4.79 Å². The molecule has 0 saturated carbocycles. The fraction of sp³-hybridized carbons (Fsp3) is 0.407. The zero-order chi connectivity index (χ0) is 25.5. The Kier molecular flexibility index (Phi) is 8.30. The Bertz CT molecular complexity index is 1180. The van der Waals surface area contributed by atoms with Crippen molar-refractivity contribution in [2.45, 2.75) is 25.9 Å². The van der Waals surface area contributed by atoms with Crippen LogP contribution >= 0.6 is 0 Å². The molecule has 2 heterocycles. The summed E-state index contributed by atoms with van der Waals surface area (Å²) in [6.07, 6.45) is -2.67. The van der Waals surface area contributed by atoms with Gasteiger partial charge in [-0.1, -0.05) is 31.2 Å². The molecule has 0 unspecified atom stereocenters. The molecule has 6 nitrogen and oxygen atoms in total.